The third kappa shape index (κ3) is 2.00. The van der Waals surface area contributed by atoms with E-state index in [2.05, 4.69) is 44.3 Å². The van der Waals surface area contributed by atoms with Crippen LogP contribution >= 0.6 is 0 Å². The average Bonchev–Trinajstić information content (AvgIpc) is 2.16. The normalized spacial score (nSPS) is 24.9. The second kappa shape index (κ2) is 3.86. The van der Waals surface area contributed by atoms with Gasteiger partial charge in [0.25, 0.3) is 0 Å². The van der Waals surface area contributed by atoms with Crippen molar-refractivity contribution in [2.45, 2.75) is 45.2 Å². The van der Waals surface area contributed by atoms with Crippen LogP contribution in [0, 0.1) is 0 Å². The highest BCUT2D eigenvalue weighted by atomic mass is 14.9. The molecule has 0 saturated heterocycles. The minimum atomic E-state index is 0.190. The van der Waals surface area contributed by atoms with Crippen molar-refractivity contribution in [2.24, 2.45) is 5.73 Å². The van der Waals surface area contributed by atoms with E-state index in [0.29, 0.717) is 12.0 Å². The Morgan fingerprint density at radius 2 is 2.13 bits per heavy atom. The molecule has 2 unspecified atom stereocenters. The van der Waals surface area contributed by atoms with E-state index < -0.39 is 0 Å². The molecule has 82 valence electrons. The van der Waals surface area contributed by atoms with Gasteiger partial charge in [-0.05, 0) is 36.5 Å². The van der Waals surface area contributed by atoms with Crippen molar-refractivity contribution >= 4 is 5.69 Å². The maximum atomic E-state index is 6.17. The molecule has 2 atom stereocenters. The quantitative estimate of drug-likeness (QED) is 0.738. The predicted octanol–water partition coefficient (Wildman–Crippen LogP) is 3.01. The zero-order valence-corrected chi connectivity index (χ0v) is 9.75. The van der Waals surface area contributed by atoms with Gasteiger partial charge in [0.05, 0.1) is 0 Å². The van der Waals surface area contributed by atoms with Gasteiger partial charge in [0.2, 0.25) is 0 Å². The summed E-state index contributed by atoms with van der Waals surface area (Å²) in [6, 6.07) is 7.29. The molecule has 2 nitrogen and oxygen atoms in total. The van der Waals surface area contributed by atoms with Crippen LogP contribution in [0.15, 0.2) is 18.2 Å². The summed E-state index contributed by atoms with van der Waals surface area (Å²) >= 11 is 0. The van der Waals surface area contributed by atoms with E-state index in [-0.39, 0.29) is 6.04 Å². The van der Waals surface area contributed by atoms with E-state index in [1.807, 2.05) is 0 Å². The molecule has 3 N–H and O–H groups in total. The van der Waals surface area contributed by atoms with Gasteiger partial charge in [-0.3, -0.25) is 0 Å². The molecule has 0 radical (unpaired) electrons. The van der Waals surface area contributed by atoms with Crippen molar-refractivity contribution in [2.75, 3.05) is 5.32 Å². The van der Waals surface area contributed by atoms with Crippen molar-refractivity contribution in [3.8, 4) is 0 Å². The van der Waals surface area contributed by atoms with E-state index in [1.165, 1.54) is 16.8 Å². The van der Waals surface area contributed by atoms with Crippen LogP contribution in [0.5, 0.6) is 0 Å². The Bertz CT molecular complexity index is 358. The maximum absolute atomic E-state index is 6.17. The van der Waals surface area contributed by atoms with Gasteiger partial charge in [-0.2, -0.15) is 0 Å². The summed E-state index contributed by atoms with van der Waals surface area (Å²) in [7, 11) is 0. The van der Waals surface area contributed by atoms with Gasteiger partial charge < -0.3 is 11.1 Å². The van der Waals surface area contributed by atoms with E-state index in [4.69, 9.17) is 5.73 Å². The molecular weight excluding hydrogens is 184 g/mol. The first-order valence-electron chi connectivity index (χ1n) is 5.74. The lowest BCUT2D eigenvalue weighted by Gasteiger charge is -2.29. The number of nitrogens with one attached hydrogen (secondary N) is 1. The van der Waals surface area contributed by atoms with Crippen LogP contribution in [0.2, 0.25) is 0 Å². The Balaban J connectivity index is 2.39. The fourth-order valence-corrected chi connectivity index (χ4v) is 2.21. The third-order valence-corrected chi connectivity index (χ3v) is 3.15. The molecule has 2 heteroatoms. The molecule has 1 heterocycles. The lowest BCUT2D eigenvalue weighted by Crippen LogP contribution is -2.29. The average molecular weight is 204 g/mol. The first-order valence-corrected chi connectivity index (χ1v) is 5.74. The minimum Gasteiger partial charge on any atom is -0.382 e. The smallest absolute Gasteiger partial charge is 0.0390 e. The van der Waals surface area contributed by atoms with Gasteiger partial charge in [0.1, 0.15) is 0 Å². The fourth-order valence-electron chi connectivity index (χ4n) is 2.21. The fraction of sp³-hybridized carbons (Fsp3) is 0.538. The first kappa shape index (κ1) is 10.5. The molecule has 1 aliphatic heterocycles. The third-order valence-electron chi connectivity index (χ3n) is 3.15. The van der Waals surface area contributed by atoms with Gasteiger partial charge in [0, 0.05) is 17.8 Å². The SMILES string of the molecule is CC1CC(N)c2cc(C(C)C)ccc2N1. The summed E-state index contributed by atoms with van der Waals surface area (Å²) in [6.07, 6.45) is 1.02. The molecule has 1 aromatic rings. The molecule has 0 aliphatic carbocycles. The largest absolute Gasteiger partial charge is 0.382 e. The van der Waals surface area contributed by atoms with Gasteiger partial charge in [-0.25, -0.2) is 0 Å². The van der Waals surface area contributed by atoms with Crippen molar-refractivity contribution in [1.29, 1.82) is 0 Å². The Labute approximate surface area is 91.9 Å². The molecule has 0 spiro atoms. The highest BCUT2D eigenvalue weighted by molar-refractivity contribution is 5.57. The Hall–Kier alpha value is -1.02. The van der Waals surface area contributed by atoms with Gasteiger partial charge >= 0.3 is 0 Å². The topological polar surface area (TPSA) is 38.0 Å². The first-order chi connectivity index (χ1) is 7.08. The van der Waals surface area contributed by atoms with Crippen LogP contribution in [0.1, 0.15) is 50.3 Å². The lowest BCUT2D eigenvalue weighted by atomic mass is 9.90. The highest BCUT2D eigenvalue weighted by Crippen LogP contribution is 2.33. The number of fused-ring (bicyclic) bond motifs is 1. The van der Waals surface area contributed by atoms with Gasteiger partial charge in [-0.15, -0.1) is 0 Å². The summed E-state index contributed by atoms with van der Waals surface area (Å²) in [5.74, 6) is 0.571. The second-order valence-corrected chi connectivity index (χ2v) is 4.89. The summed E-state index contributed by atoms with van der Waals surface area (Å²) in [5.41, 5.74) is 10.0. The van der Waals surface area contributed by atoms with Crippen molar-refractivity contribution in [3.63, 3.8) is 0 Å². The maximum Gasteiger partial charge on any atom is 0.0390 e. The van der Waals surface area contributed by atoms with E-state index >= 15 is 0 Å². The number of rotatable bonds is 1. The molecule has 1 aliphatic rings. The molecular formula is C13H20N2. The van der Waals surface area contributed by atoms with Crippen LogP contribution in [0.4, 0.5) is 5.69 Å². The standard InChI is InChI=1S/C13H20N2/c1-8(2)10-4-5-13-11(7-10)12(14)6-9(3)15-13/h4-5,7-9,12,15H,6,14H2,1-3H3. The van der Waals surface area contributed by atoms with E-state index in [9.17, 15) is 0 Å². The number of hydrogen-bond acceptors (Lipinski definition) is 2. The van der Waals surface area contributed by atoms with E-state index in [1.54, 1.807) is 0 Å². The van der Waals surface area contributed by atoms with Crippen molar-refractivity contribution in [3.05, 3.63) is 29.3 Å². The molecule has 2 rings (SSSR count). The Kier molecular flexibility index (Phi) is 2.70. The Morgan fingerprint density at radius 1 is 1.40 bits per heavy atom. The zero-order valence-electron chi connectivity index (χ0n) is 9.75. The van der Waals surface area contributed by atoms with Gasteiger partial charge in [0.15, 0.2) is 0 Å². The number of benzene rings is 1. The van der Waals surface area contributed by atoms with Crippen LogP contribution in [0.3, 0.4) is 0 Å². The summed E-state index contributed by atoms with van der Waals surface area (Å²) in [4.78, 5) is 0. The molecule has 0 fully saturated rings. The Morgan fingerprint density at radius 3 is 2.80 bits per heavy atom. The van der Waals surface area contributed by atoms with Crippen LogP contribution in [0.25, 0.3) is 0 Å². The molecule has 15 heavy (non-hydrogen) atoms. The number of nitrogens with two attached hydrogens (primary N) is 1. The predicted molar refractivity (Wildman–Crippen MR) is 65.2 cm³/mol. The molecule has 0 aromatic heterocycles. The summed E-state index contributed by atoms with van der Waals surface area (Å²) in [5, 5.41) is 3.48. The minimum absolute atomic E-state index is 0.190. The van der Waals surface area contributed by atoms with Crippen molar-refractivity contribution in [1.82, 2.24) is 0 Å². The van der Waals surface area contributed by atoms with Crippen LogP contribution in [-0.2, 0) is 0 Å². The van der Waals surface area contributed by atoms with Gasteiger partial charge in [-0.1, -0.05) is 26.0 Å². The number of anilines is 1. The highest BCUT2D eigenvalue weighted by Gasteiger charge is 2.21. The van der Waals surface area contributed by atoms with Crippen molar-refractivity contribution < 1.29 is 0 Å². The summed E-state index contributed by atoms with van der Waals surface area (Å²) < 4.78 is 0. The molecule has 1 aromatic carbocycles. The second-order valence-electron chi connectivity index (χ2n) is 4.89. The monoisotopic (exact) mass is 204 g/mol. The zero-order chi connectivity index (χ0) is 11.0. The van der Waals surface area contributed by atoms with Crippen LogP contribution in [-0.4, -0.2) is 6.04 Å². The molecule has 0 bridgehead atoms. The van der Waals surface area contributed by atoms with E-state index in [0.717, 1.165) is 6.42 Å². The summed E-state index contributed by atoms with van der Waals surface area (Å²) in [6.45, 7) is 6.61. The molecule has 0 amide bonds. The lowest BCUT2D eigenvalue weighted by molar-refractivity contribution is 0.569. The molecule has 0 saturated carbocycles. The van der Waals surface area contributed by atoms with Crippen LogP contribution < -0.4 is 11.1 Å². The number of hydrogen-bond donors (Lipinski definition) is 2.